The smallest absolute Gasteiger partial charge is 0.204 e. The number of benzene rings is 1. The molecule has 0 aliphatic rings. The van der Waals surface area contributed by atoms with Crippen molar-refractivity contribution >= 4 is 22.1 Å². The number of nitrogens with zero attached hydrogens (tertiary/aromatic N) is 2. The third-order valence-corrected chi connectivity index (χ3v) is 4.65. The van der Waals surface area contributed by atoms with Crippen LogP contribution >= 0.6 is 11.3 Å². The van der Waals surface area contributed by atoms with Crippen molar-refractivity contribution < 1.29 is 4.79 Å². The maximum absolute atomic E-state index is 12.6. The number of hydrogen-bond donors (Lipinski definition) is 0. The molecule has 3 rings (SSSR count). The number of thiophene rings is 1. The van der Waals surface area contributed by atoms with Crippen LogP contribution in [0, 0.1) is 0 Å². The largest absolute Gasteiger partial charge is 0.369 e. The Morgan fingerprint density at radius 2 is 1.86 bits per heavy atom. The van der Waals surface area contributed by atoms with E-state index in [1.54, 1.807) is 24.5 Å². The molecular formula is C18H16N2OS. The summed E-state index contributed by atoms with van der Waals surface area (Å²) in [5, 5.41) is 1.08. The molecule has 0 spiro atoms. The fourth-order valence-corrected chi connectivity index (χ4v) is 3.35. The highest BCUT2D eigenvalue weighted by atomic mass is 32.1. The number of ketones is 1. The maximum Gasteiger partial charge on any atom is 0.204 e. The molecule has 0 saturated heterocycles. The van der Waals surface area contributed by atoms with Crippen LogP contribution in [0.3, 0.4) is 0 Å². The summed E-state index contributed by atoms with van der Waals surface area (Å²) in [6.07, 6.45) is 3.28. The van der Waals surface area contributed by atoms with Crippen LogP contribution in [-0.2, 0) is 0 Å². The lowest BCUT2D eigenvalue weighted by atomic mass is 10.1. The van der Waals surface area contributed by atoms with Crippen molar-refractivity contribution in [3.63, 3.8) is 0 Å². The number of rotatable bonds is 4. The Hall–Kier alpha value is -2.46. The highest BCUT2D eigenvalue weighted by Gasteiger charge is 2.18. The summed E-state index contributed by atoms with van der Waals surface area (Å²) in [7, 11) is 3.99. The van der Waals surface area contributed by atoms with Crippen LogP contribution < -0.4 is 4.90 Å². The predicted molar refractivity (Wildman–Crippen MR) is 91.8 cm³/mol. The average molecular weight is 308 g/mol. The molecule has 0 fully saturated rings. The van der Waals surface area contributed by atoms with Gasteiger partial charge in [-0.1, -0.05) is 30.3 Å². The molecule has 1 aromatic carbocycles. The van der Waals surface area contributed by atoms with Crippen LogP contribution in [0.5, 0.6) is 0 Å². The Kier molecular flexibility index (Phi) is 4.02. The summed E-state index contributed by atoms with van der Waals surface area (Å²) >= 11 is 1.51. The molecule has 0 aliphatic carbocycles. The zero-order chi connectivity index (χ0) is 15.5. The van der Waals surface area contributed by atoms with E-state index in [-0.39, 0.29) is 5.78 Å². The summed E-state index contributed by atoms with van der Waals surface area (Å²) in [6, 6.07) is 15.7. The number of carbonyl (C=O) groups excluding carboxylic acids is 1. The van der Waals surface area contributed by atoms with Gasteiger partial charge in [0.05, 0.1) is 9.88 Å². The first-order valence-electron chi connectivity index (χ1n) is 6.98. The van der Waals surface area contributed by atoms with Gasteiger partial charge < -0.3 is 4.90 Å². The highest BCUT2D eigenvalue weighted by Crippen LogP contribution is 2.38. The lowest BCUT2D eigenvalue weighted by Crippen LogP contribution is -2.07. The van der Waals surface area contributed by atoms with Gasteiger partial charge in [0.15, 0.2) is 0 Å². The van der Waals surface area contributed by atoms with Crippen molar-refractivity contribution in [2.75, 3.05) is 19.0 Å². The molecule has 0 unspecified atom stereocenters. The molecule has 0 bridgehead atoms. The second kappa shape index (κ2) is 6.12. The van der Waals surface area contributed by atoms with Crippen LogP contribution in [0.1, 0.15) is 15.2 Å². The quantitative estimate of drug-likeness (QED) is 0.680. The van der Waals surface area contributed by atoms with Gasteiger partial charge in [0.25, 0.3) is 0 Å². The molecule has 0 aliphatic heterocycles. The van der Waals surface area contributed by atoms with Crippen molar-refractivity contribution in [2.45, 2.75) is 0 Å². The van der Waals surface area contributed by atoms with Crippen molar-refractivity contribution in [2.24, 2.45) is 0 Å². The molecule has 0 N–H and O–H groups in total. The number of anilines is 1. The van der Waals surface area contributed by atoms with Gasteiger partial charge in [0.2, 0.25) is 5.78 Å². The molecule has 0 amide bonds. The summed E-state index contributed by atoms with van der Waals surface area (Å²) < 4.78 is 0. The van der Waals surface area contributed by atoms with E-state index in [0.717, 1.165) is 21.0 Å². The van der Waals surface area contributed by atoms with Crippen LogP contribution in [-0.4, -0.2) is 24.9 Å². The fourth-order valence-electron chi connectivity index (χ4n) is 2.29. The monoisotopic (exact) mass is 308 g/mol. The molecule has 0 saturated carbocycles. The first-order valence-corrected chi connectivity index (χ1v) is 7.80. The van der Waals surface area contributed by atoms with Gasteiger partial charge in [-0.2, -0.15) is 0 Å². The van der Waals surface area contributed by atoms with E-state index in [2.05, 4.69) is 17.1 Å². The van der Waals surface area contributed by atoms with E-state index in [1.807, 2.05) is 43.3 Å². The topological polar surface area (TPSA) is 33.2 Å². The van der Waals surface area contributed by atoms with Crippen LogP contribution in [0.15, 0.2) is 60.9 Å². The number of hydrogen-bond acceptors (Lipinski definition) is 4. The first kappa shape index (κ1) is 14.5. The molecule has 0 radical (unpaired) electrons. The number of carbonyl (C=O) groups is 1. The van der Waals surface area contributed by atoms with Gasteiger partial charge in [-0.15, -0.1) is 11.3 Å². The zero-order valence-electron chi connectivity index (χ0n) is 12.5. The summed E-state index contributed by atoms with van der Waals surface area (Å²) in [5.74, 6) is 0.0170. The molecular weight excluding hydrogens is 292 g/mol. The van der Waals surface area contributed by atoms with Crippen molar-refractivity contribution in [3.05, 3.63) is 71.4 Å². The summed E-state index contributed by atoms with van der Waals surface area (Å²) in [6.45, 7) is 0. The standard InChI is InChI=1S/C18H16N2OS/c1-20(2)18-15(13-7-4-3-5-8-13)11-16(22-18)17(21)14-9-6-10-19-12-14/h3-12H,1-2H3. The fraction of sp³-hybridized carbons (Fsp3) is 0.111. The van der Waals surface area contributed by atoms with Crippen molar-refractivity contribution in [1.82, 2.24) is 4.98 Å². The Balaban J connectivity index is 2.06. The van der Waals surface area contributed by atoms with Gasteiger partial charge in [-0.3, -0.25) is 9.78 Å². The first-order chi connectivity index (χ1) is 10.7. The Labute approximate surface area is 133 Å². The normalized spacial score (nSPS) is 10.5. The Morgan fingerprint density at radius 3 is 2.50 bits per heavy atom. The lowest BCUT2D eigenvalue weighted by Gasteiger charge is -2.12. The molecule has 3 aromatic rings. The lowest BCUT2D eigenvalue weighted by molar-refractivity contribution is 0.104. The zero-order valence-corrected chi connectivity index (χ0v) is 13.3. The van der Waals surface area contributed by atoms with Gasteiger partial charge in [0.1, 0.15) is 0 Å². The van der Waals surface area contributed by atoms with E-state index < -0.39 is 0 Å². The number of pyridine rings is 1. The number of aromatic nitrogens is 1. The van der Waals surface area contributed by atoms with Gasteiger partial charge >= 0.3 is 0 Å². The second-order valence-electron chi connectivity index (χ2n) is 5.16. The highest BCUT2D eigenvalue weighted by molar-refractivity contribution is 7.18. The van der Waals surface area contributed by atoms with Crippen LogP contribution in [0.4, 0.5) is 5.00 Å². The molecule has 3 nitrogen and oxygen atoms in total. The third kappa shape index (κ3) is 2.78. The van der Waals surface area contributed by atoms with E-state index in [0.29, 0.717) is 5.56 Å². The molecule has 4 heteroatoms. The molecule has 0 atom stereocenters. The van der Waals surface area contributed by atoms with Crippen LogP contribution in [0.25, 0.3) is 11.1 Å². The Morgan fingerprint density at radius 1 is 1.09 bits per heavy atom. The average Bonchev–Trinajstić information content (AvgIpc) is 3.01. The van der Waals surface area contributed by atoms with E-state index in [1.165, 1.54) is 11.3 Å². The van der Waals surface area contributed by atoms with E-state index in [4.69, 9.17) is 0 Å². The minimum absolute atomic E-state index is 0.0170. The van der Waals surface area contributed by atoms with Crippen molar-refractivity contribution in [1.29, 1.82) is 0 Å². The van der Waals surface area contributed by atoms with Crippen molar-refractivity contribution in [3.8, 4) is 11.1 Å². The summed E-state index contributed by atoms with van der Waals surface area (Å²) in [5.41, 5.74) is 2.82. The third-order valence-electron chi connectivity index (χ3n) is 3.35. The SMILES string of the molecule is CN(C)c1sc(C(=O)c2cccnc2)cc1-c1ccccc1. The van der Waals surface area contributed by atoms with Gasteiger partial charge in [-0.25, -0.2) is 0 Å². The van der Waals surface area contributed by atoms with Gasteiger partial charge in [0, 0.05) is 37.6 Å². The maximum atomic E-state index is 12.6. The van der Waals surface area contributed by atoms with E-state index >= 15 is 0 Å². The molecule has 2 heterocycles. The van der Waals surface area contributed by atoms with Gasteiger partial charge in [-0.05, 0) is 23.8 Å². The van der Waals surface area contributed by atoms with E-state index in [9.17, 15) is 4.79 Å². The summed E-state index contributed by atoms with van der Waals surface area (Å²) in [4.78, 5) is 19.4. The Bertz CT molecular complexity index is 779. The van der Waals surface area contributed by atoms with Crippen LogP contribution in [0.2, 0.25) is 0 Å². The molecule has 110 valence electrons. The predicted octanol–water partition coefficient (Wildman–Crippen LogP) is 4.11. The molecule has 22 heavy (non-hydrogen) atoms. The second-order valence-corrected chi connectivity index (χ2v) is 6.19. The minimum atomic E-state index is 0.0170. The molecule has 2 aromatic heterocycles. The minimum Gasteiger partial charge on any atom is -0.369 e.